The Kier molecular flexibility index (Phi) is 4.95. The second kappa shape index (κ2) is 7.27. The van der Waals surface area contributed by atoms with E-state index in [-0.39, 0.29) is 4.90 Å². The number of fused-ring (bicyclic) bond motifs is 1. The second-order valence-electron chi connectivity index (χ2n) is 7.17. The SMILES string of the molecule is Cc1ccc2nc(CN3CCN(S(=O)(=O)c4cc(F)ccc4C)CC3)oc2c1. The maximum atomic E-state index is 13.6. The molecule has 0 aliphatic carbocycles. The first kappa shape index (κ1) is 19.0. The van der Waals surface area contributed by atoms with E-state index in [1.54, 1.807) is 6.92 Å². The summed E-state index contributed by atoms with van der Waals surface area (Å²) in [4.78, 5) is 6.65. The van der Waals surface area contributed by atoms with Crippen molar-refractivity contribution in [1.29, 1.82) is 0 Å². The third-order valence-electron chi connectivity index (χ3n) is 5.05. The maximum Gasteiger partial charge on any atom is 0.243 e. The van der Waals surface area contributed by atoms with Gasteiger partial charge in [-0.3, -0.25) is 4.90 Å². The van der Waals surface area contributed by atoms with Gasteiger partial charge in [-0.2, -0.15) is 4.31 Å². The molecule has 1 aliphatic heterocycles. The lowest BCUT2D eigenvalue weighted by Gasteiger charge is -2.33. The van der Waals surface area contributed by atoms with Crippen LogP contribution in [0.3, 0.4) is 0 Å². The Bertz CT molecular complexity index is 1120. The summed E-state index contributed by atoms with van der Waals surface area (Å²) in [5.41, 5.74) is 3.24. The molecule has 4 rings (SSSR count). The first-order chi connectivity index (χ1) is 13.3. The van der Waals surface area contributed by atoms with E-state index in [0.29, 0.717) is 44.2 Å². The van der Waals surface area contributed by atoms with Crippen LogP contribution in [0, 0.1) is 19.7 Å². The summed E-state index contributed by atoms with van der Waals surface area (Å²) < 4.78 is 46.6. The number of aromatic nitrogens is 1. The molecule has 6 nitrogen and oxygen atoms in total. The molecule has 0 unspecified atom stereocenters. The molecule has 0 amide bonds. The van der Waals surface area contributed by atoms with Crippen LogP contribution in [0.2, 0.25) is 0 Å². The first-order valence-corrected chi connectivity index (χ1v) is 10.6. The lowest BCUT2D eigenvalue weighted by Crippen LogP contribution is -2.48. The van der Waals surface area contributed by atoms with Crippen molar-refractivity contribution in [1.82, 2.24) is 14.2 Å². The van der Waals surface area contributed by atoms with Gasteiger partial charge >= 0.3 is 0 Å². The maximum absolute atomic E-state index is 13.6. The summed E-state index contributed by atoms with van der Waals surface area (Å²) in [6.45, 7) is 6.02. The molecule has 2 heterocycles. The molecule has 1 saturated heterocycles. The van der Waals surface area contributed by atoms with Crippen LogP contribution in [0.25, 0.3) is 11.1 Å². The molecular weight excluding hydrogens is 381 g/mol. The molecule has 8 heteroatoms. The van der Waals surface area contributed by atoms with E-state index in [2.05, 4.69) is 9.88 Å². The van der Waals surface area contributed by atoms with Gasteiger partial charge in [-0.15, -0.1) is 0 Å². The molecule has 1 aromatic heterocycles. The average Bonchev–Trinajstić information content (AvgIpc) is 3.05. The molecule has 1 aliphatic rings. The summed E-state index contributed by atoms with van der Waals surface area (Å²) in [7, 11) is -3.71. The fourth-order valence-electron chi connectivity index (χ4n) is 3.46. The number of nitrogens with zero attached hydrogens (tertiary/aromatic N) is 3. The fourth-order valence-corrected chi connectivity index (χ4v) is 5.12. The van der Waals surface area contributed by atoms with Gasteiger partial charge in [0.2, 0.25) is 15.9 Å². The Morgan fingerprint density at radius 2 is 1.82 bits per heavy atom. The predicted octanol–water partition coefficient (Wildman–Crippen LogP) is 3.09. The lowest BCUT2D eigenvalue weighted by atomic mass is 10.2. The molecule has 0 radical (unpaired) electrons. The normalized spacial score (nSPS) is 16.7. The minimum Gasteiger partial charge on any atom is -0.439 e. The summed E-state index contributed by atoms with van der Waals surface area (Å²) >= 11 is 0. The summed E-state index contributed by atoms with van der Waals surface area (Å²) in [5, 5.41) is 0. The van der Waals surface area contributed by atoms with Gasteiger partial charge in [-0.25, -0.2) is 17.8 Å². The Morgan fingerprint density at radius 1 is 1.07 bits per heavy atom. The number of benzene rings is 2. The first-order valence-electron chi connectivity index (χ1n) is 9.18. The van der Waals surface area contributed by atoms with E-state index in [0.717, 1.165) is 22.7 Å². The molecule has 0 N–H and O–H groups in total. The van der Waals surface area contributed by atoms with Crippen molar-refractivity contribution in [3.05, 3.63) is 59.2 Å². The van der Waals surface area contributed by atoms with Crippen LogP contribution in [-0.4, -0.2) is 48.8 Å². The van der Waals surface area contributed by atoms with Crippen LogP contribution in [0.5, 0.6) is 0 Å². The van der Waals surface area contributed by atoms with Crippen LogP contribution in [0.4, 0.5) is 4.39 Å². The van der Waals surface area contributed by atoms with Crippen LogP contribution < -0.4 is 0 Å². The monoisotopic (exact) mass is 403 g/mol. The smallest absolute Gasteiger partial charge is 0.243 e. The Balaban J connectivity index is 1.44. The second-order valence-corrected chi connectivity index (χ2v) is 9.08. The van der Waals surface area contributed by atoms with E-state index in [1.807, 2.05) is 25.1 Å². The van der Waals surface area contributed by atoms with E-state index in [1.165, 1.54) is 16.4 Å². The van der Waals surface area contributed by atoms with Gasteiger partial charge in [0, 0.05) is 26.2 Å². The van der Waals surface area contributed by atoms with Gasteiger partial charge in [0.1, 0.15) is 11.3 Å². The van der Waals surface area contributed by atoms with Gasteiger partial charge in [0.05, 0.1) is 11.4 Å². The van der Waals surface area contributed by atoms with Crippen molar-refractivity contribution in [2.24, 2.45) is 0 Å². The van der Waals surface area contributed by atoms with Gasteiger partial charge in [0.25, 0.3) is 0 Å². The quantitative estimate of drug-likeness (QED) is 0.670. The van der Waals surface area contributed by atoms with Crippen molar-refractivity contribution >= 4 is 21.1 Å². The predicted molar refractivity (Wildman–Crippen MR) is 104 cm³/mol. The molecule has 0 atom stereocenters. The van der Waals surface area contributed by atoms with Gasteiger partial charge in [0.15, 0.2) is 5.58 Å². The number of aryl methyl sites for hydroxylation is 2. The molecule has 2 aromatic carbocycles. The van der Waals surface area contributed by atoms with E-state index < -0.39 is 15.8 Å². The average molecular weight is 403 g/mol. The number of halogens is 1. The van der Waals surface area contributed by atoms with Crippen molar-refractivity contribution < 1.29 is 17.2 Å². The van der Waals surface area contributed by atoms with Crippen LogP contribution >= 0.6 is 0 Å². The minimum atomic E-state index is -3.71. The topological polar surface area (TPSA) is 66.7 Å². The van der Waals surface area contributed by atoms with Crippen LogP contribution in [0.15, 0.2) is 45.7 Å². The lowest BCUT2D eigenvalue weighted by molar-refractivity contribution is 0.169. The summed E-state index contributed by atoms with van der Waals surface area (Å²) in [5.74, 6) is 0.0758. The summed E-state index contributed by atoms with van der Waals surface area (Å²) in [6, 6.07) is 9.74. The molecule has 1 fully saturated rings. The van der Waals surface area contributed by atoms with E-state index >= 15 is 0 Å². The largest absolute Gasteiger partial charge is 0.439 e. The van der Waals surface area contributed by atoms with Crippen molar-refractivity contribution in [2.45, 2.75) is 25.3 Å². The number of hydrogen-bond donors (Lipinski definition) is 0. The third-order valence-corrected chi connectivity index (χ3v) is 7.09. The number of piperazine rings is 1. The van der Waals surface area contributed by atoms with Crippen LogP contribution in [0.1, 0.15) is 17.0 Å². The molecular formula is C20H22FN3O3S. The zero-order valence-electron chi connectivity index (χ0n) is 15.9. The van der Waals surface area contributed by atoms with Gasteiger partial charge in [-0.05, 0) is 49.2 Å². The molecule has 148 valence electrons. The Morgan fingerprint density at radius 3 is 2.57 bits per heavy atom. The fraction of sp³-hybridized carbons (Fsp3) is 0.350. The van der Waals surface area contributed by atoms with Crippen molar-refractivity contribution in [3.63, 3.8) is 0 Å². The summed E-state index contributed by atoms with van der Waals surface area (Å²) in [6.07, 6.45) is 0. The number of oxazole rings is 1. The van der Waals surface area contributed by atoms with Gasteiger partial charge in [-0.1, -0.05) is 12.1 Å². The highest BCUT2D eigenvalue weighted by Crippen LogP contribution is 2.23. The molecule has 0 spiro atoms. The Labute approximate surface area is 163 Å². The van der Waals surface area contributed by atoms with Crippen LogP contribution in [-0.2, 0) is 16.6 Å². The molecule has 28 heavy (non-hydrogen) atoms. The number of hydrogen-bond acceptors (Lipinski definition) is 5. The number of sulfonamides is 1. The highest BCUT2D eigenvalue weighted by Gasteiger charge is 2.30. The van der Waals surface area contributed by atoms with Crippen molar-refractivity contribution in [2.75, 3.05) is 26.2 Å². The van der Waals surface area contributed by atoms with E-state index in [4.69, 9.17) is 4.42 Å². The Hall–Kier alpha value is -2.29. The highest BCUT2D eigenvalue weighted by atomic mass is 32.2. The highest BCUT2D eigenvalue weighted by molar-refractivity contribution is 7.89. The zero-order valence-corrected chi connectivity index (χ0v) is 16.7. The number of rotatable bonds is 4. The van der Waals surface area contributed by atoms with Gasteiger partial charge < -0.3 is 4.42 Å². The molecule has 0 bridgehead atoms. The van der Waals surface area contributed by atoms with Crippen molar-refractivity contribution in [3.8, 4) is 0 Å². The zero-order chi connectivity index (χ0) is 19.9. The third kappa shape index (κ3) is 3.67. The molecule has 3 aromatic rings. The standard InChI is InChI=1S/C20H22FN3O3S/c1-14-3-6-17-18(11-14)27-20(22-17)13-23-7-9-24(10-8-23)28(25,26)19-12-16(21)5-4-15(19)2/h3-6,11-12H,7-10,13H2,1-2H3. The minimum absolute atomic E-state index is 0.0373. The molecule has 0 saturated carbocycles. The van der Waals surface area contributed by atoms with E-state index in [9.17, 15) is 12.8 Å².